The summed E-state index contributed by atoms with van der Waals surface area (Å²) in [6.45, 7) is 6.30. The van der Waals surface area contributed by atoms with Gasteiger partial charge in [0.2, 0.25) is 0 Å². The van der Waals surface area contributed by atoms with Gasteiger partial charge in [-0.15, -0.1) is 0 Å². The predicted octanol–water partition coefficient (Wildman–Crippen LogP) is 1.28. The van der Waals surface area contributed by atoms with Gasteiger partial charge in [-0.3, -0.25) is 0 Å². The molecule has 2 aliphatic rings. The largest absolute Gasteiger partial charge is 0.317 e. The molecule has 0 aromatic carbocycles. The molecule has 0 spiro atoms. The van der Waals surface area contributed by atoms with Crippen LogP contribution in [0.4, 0.5) is 0 Å². The van der Waals surface area contributed by atoms with Crippen LogP contribution < -0.4 is 5.32 Å². The first kappa shape index (κ1) is 16.2. The Balaban J connectivity index is 1.84. The normalized spacial score (nSPS) is 27.1. The smallest absolute Gasteiger partial charge is 0.281 e. The maximum atomic E-state index is 12.5. The summed E-state index contributed by atoms with van der Waals surface area (Å²) in [6.07, 6.45) is 5.47. The summed E-state index contributed by atoms with van der Waals surface area (Å²) in [6, 6.07) is 0. The molecule has 2 fully saturated rings. The molecule has 0 amide bonds. The van der Waals surface area contributed by atoms with Gasteiger partial charge in [-0.25, -0.2) is 0 Å². The summed E-state index contributed by atoms with van der Waals surface area (Å²) in [5, 5.41) is 3.35. The minimum Gasteiger partial charge on any atom is -0.317 e. The zero-order valence-corrected chi connectivity index (χ0v) is 13.7. The summed E-state index contributed by atoms with van der Waals surface area (Å²) in [5.74, 6) is 1.16. The minimum absolute atomic E-state index is 0.483. The van der Waals surface area contributed by atoms with Crippen molar-refractivity contribution in [2.45, 2.75) is 39.0 Å². The number of hydrogen-bond donors (Lipinski definition) is 1. The van der Waals surface area contributed by atoms with Crippen molar-refractivity contribution in [3.63, 3.8) is 0 Å². The predicted molar refractivity (Wildman–Crippen MR) is 81.7 cm³/mol. The highest BCUT2D eigenvalue weighted by Gasteiger charge is 2.30. The number of nitrogens with zero attached hydrogens (tertiary/aromatic N) is 2. The molecule has 1 atom stereocenters. The fraction of sp³-hybridized carbons (Fsp3) is 1.00. The molecule has 1 unspecified atom stereocenters. The van der Waals surface area contributed by atoms with E-state index in [1.807, 2.05) is 0 Å². The van der Waals surface area contributed by atoms with Crippen LogP contribution in [0.25, 0.3) is 0 Å². The van der Waals surface area contributed by atoms with E-state index in [0.29, 0.717) is 31.5 Å². The lowest BCUT2D eigenvalue weighted by molar-refractivity contribution is 0.257. The molecule has 118 valence electrons. The van der Waals surface area contributed by atoms with Gasteiger partial charge in [0.1, 0.15) is 0 Å². The van der Waals surface area contributed by atoms with E-state index in [0.717, 1.165) is 32.4 Å². The molecule has 2 heterocycles. The van der Waals surface area contributed by atoms with E-state index in [1.54, 1.807) is 15.7 Å². The van der Waals surface area contributed by atoms with Crippen molar-refractivity contribution in [2.24, 2.45) is 11.8 Å². The van der Waals surface area contributed by atoms with E-state index in [2.05, 4.69) is 12.2 Å². The number of nitrogens with one attached hydrogen (secondary N) is 1. The molecule has 0 aliphatic carbocycles. The average molecular weight is 303 g/mol. The lowest BCUT2D eigenvalue weighted by atomic mass is 9.95. The topological polar surface area (TPSA) is 52.7 Å². The molecule has 2 saturated heterocycles. The zero-order valence-electron chi connectivity index (χ0n) is 12.8. The Morgan fingerprint density at radius 2 is 1.95 bits per heavy atom. The second kappa shape index (κ2) is 7.20. The molecule has 20 heavy (non-hydrogen) atoms. The van der Waals surface area contributed by atoms with Crippen molar-refractivity contribution < 1.29 is 8.42 Å². The average Bonchev–Trinajstić information content (AvgIpc) is 2.45. The van der Waals surface area contributed by atoms with E-state index >= 15 is 0 Å². The third-order valence-corrected chi connectivity index (χ3v) is 6.61. The van der Waals surface area contributed by atoms with E-state index in [4.69, 9.17) is 0 Å². The lowest BCUT2D eigenvalue weighted by Crippen LogP contribution is -2.46. The summed E-state index contributed by atoms with van der Waals surface area (Å²) in [5.41, 5.74) is 0. The number of rotatable bonds is 5. The van der Waals surface area contributed by atoms with Gasteiger partial charge in [0.05, 0.1) is 0 Å². The van der Waals surface area contributed by atoms with Gasteiger partial charge in [0.15, 0.2) is 0 Å². The number of piperidine rings is 2. The second-order valence-electron chi connectivity index (χ2n) is 6.42. The van der Waals surface area contributed by atoms with E-state index in [1.165, 1.54) is 12.8 Å². The second-order valence-corrected chi connectivity index (χ2v) is 8.45. The van der Waals surface area contributed by atoms with E-state index < -0.39 is 10.2 Å². The molecular formula is C14H29N3O2S. The Labute approximate surface area is 123 Å². The van der Waals surface area contributed by atoms with Crippen LogP contribution in [0.15, 0.2) is 0 Å². The van der Waals surface area contributed by atoms with Gasteiger partial charge in [0.25, 0.3) is 10.2 Å². The SMILES string of the molecule is CC1CCCN(S(=O)(=O)N(C)CCC2CCNCC2)C1. The molecule has 6 heteroatoms. The molecule has 0 aromatic heterocycles. The summed E-state index contributed by atoms with van der Waals surface area (Å²) >= 11 is 0. The number of hydrogen-bond acceptors (Lipinski definition) is 3. The Bertz CT molecular complexity index is 393. The van der Waals surface area contributed by atoms with Crippen LogP contribution in [0, 0.1) is 11.8 Å². The zero-order chi connectivity index (χ0) is 14.6. The van der Waals surface area contributed by atoms with Crippen LogP contribution in [-0.2, 0) is 10.2 Å². The maximum absolute atomic E-state index is 12.5. The highest BCUT2D eigenvalue weighted by molar-refractivity contribution is 7.86. The molecule has 0 aromatic rings. The highest BCUT2D eigenvalue weighted by atomic mass is 32.2. The van der Waals surface area contributed by atoms with Crippen LogP contribution in [0.1, 0.15) is 39.0 Å². The van der Waals surface area contributed by atoms with Crippen molar-refractivity contribution in [2.75, 3.05) is 39.8 Å². The van der Waals surface area contributed by atoms with E-state index in [-0.39, 0.29) is 0 Å². The van der Waals surface area contributed by atoms with Crippen LogP contribution in [-0.4, -0.2) is 56.8 Å². The van der Waals surface area contributed by atoms with Gasteiger partial charge >= 0.3 is 0 Å². The molecule has 2 aliphatic heterocycles. The Morgan fingerprint density at radius 3 is 2.60 bits per heavy atom. The Kier molecular flexibility index (Phi) is 5.84. The minimum atomic E-state index is -3.24. The molecule has 0 bridgehead atoms. The van der Waals surface area contributed by atoms with Gasteiger partial charge in [-0.1, -0.05) is 6.92 Å². The maximum Gasteiger partial charge on any atom is 0.281 e. The fourth-order valence-electron chi connectivity index (χ4n) is 3.20. The van der Waals surface area contributed by atoms with Crippen molar-refractivity contribution in [1.82, 2.24) is 13.9 Å². The van der Waals surface area contributed by atoms with Crippen LogP contribution in [0.3, 0.4) is 0 Å². The summed E-state index contributed by atoms with van der Waals surface area (Å²) in [4.78, 5) is 0. The molecule has 0 saturated carbocycles. The van der Waals surface area contributed by atoms with E-state index in [9.17, 15) is 8.42 Å². The molecule has 2 rings (SSSR count). The van der Waals surface area contributed by atoms with Crippen molar-refractivity contribution in [1.29, 1.82) is 0 Å². The van der Waals surface area contributed by atoms with Crippen LogP contribution in [0.2, 0.25) is 0 Å². The highest BCUT2D eigenvalue weighted by Crippen LogP contribution is 2.21. The molecule has 0 radical (unpaired) electrons. The van der Waals surface area contributed by atoms with Gasteiger partial charge in [-0.2, -0.15) is 17.0 Å². The fourth-order valence-corrected chi connectivity index (χ4v) is 4.74. The van der Waals surface area contributed by atoms with Crippen molar-refractivity contribution in [3.05, 3.63) is 0 Å². The van der Waals surface area contributed by atoms with Gasteiger partial charge < -0.3 is 5.32 Å². The monoisotopic (exact) mass is 303 g/mol. The Hall–Kier alpha value is -0.170. The van der Waals surface area contributed by atoms with Crippen LogP contribution in [0.5, 0.6) is 0 Å². The molecule has 5 nitrogen and oxygen atoms in total. The van der Waals surface area contributed by atoms with Gasteiger partial charge in [-0.05, 0) is 57.0 Å². The standard InChI is InChI=1S/C14H29N3O2S/c1-13-4-3-10-17(12-13)20(18,19)16(2)11-7-14-5-8-15-9-6-14/h13-15H,3-12H2,1-2H3. The van der Waals surface area contributed by atoms with Gasteiger partial charge in [0, 0.05) is 26.7 Å². The molecule has 1 N–H and O–H groups in total. The third kappa shape index (κ3) is 4.16. The molecular weight excluding hydrogens is 274 g/mol. The summed E-state index contributed by atoms with van der Waals surface area (Å²) < 4.78 is 28.3. The third-order valence-electron chi connectivity index (χ3n) is 4.65. The lowest BCUT2D eigenvalue weighted by Gasteiger charge is -2.33. The van der Waals surface area contributed by atoms with Crippen molar-refractivity contribution >= 4 is 10.2 Å². The first-order valence-corrected chi connectivity index (χ1v) is 9.32. The first-order chi connectivity index (χ1) is 9.50. The van der Waals surface area contributed by atoms with Crippen molar-refractivity contribution in [3.8, 4) is 0 Å². The quantitative estimate of drug-likeness (QED) is 0.832. The van der Waals surface area contributed by atoms with Crippen LogP contribution >= 0.6 is 0 Å². The Morgan fingerprint density at radius 1 is 1.25 bits per heavy atom. The summed E-state index contributed by atoms with van der Waals surface area (Å²) in [7, 11) is -1.51. The first-order valence-electron chi connectivity index (χ1n) is 7.92.